The minimum absolute atomic E-state index is 0.338. The summed E-state index contributed by atoms with van der Waals surface area (Å²) in [5, 5.41) is 11.8. The molecule has 0 spiro atoms. The molecule has 0 aliphatic carbocycles. The fourth-order valence-electron chi connectivity index (χ4n) is 2.86. The lowest BCUT2D eigenvalue weighted by Gasteiger charge is -2.30. The van der Waals surface area contributed by atoms with E-state index in [-0.39, 0.29) is 0 Å². The van der Waals surface area contributed by atoms with E-state index >= 15 is 0 Å². The highest BCUT2D eigenvalue weighted by atomic mass is 16.3. The van der Waals surface area contributed by atoms with Crippen LogP contribution in [0.3, 0.4) is 0 Å². The van der Waals surface area contributed by atoms with Crippen LogP contribution in [-0.4, -0.2) is 23.1 Å². The third-order valence-electron chi connectivity index (χ3n) is 4.17. The number of nitrogens with zero attached hydrogens (tertiary/aromatic N) is 1. The molecule has 1 heterocycles. The fourth-order valence-corrected chi connectivity index (χ4v) is 2.86. The Morgan fingerprint density at radius 3 is 2.53 bits per heavy atom. The molecule has 0 radical (unpaired) electrons. The largest absolute Gasteiger partial charge is 0.508 e. The molecule has 2 aromatic rings. The molecule has 1 fully saturated rings. The van der Waals surface area contributed by atoms with Crippen LogP contribution in [0.2, 0.25) is 0 Å². The van der Waals surface area contributed by atoms with Crippen molar-refractivity contribution in [1.82, 2.24) is 4.90 Å². The molecule has 0 atom stereocenters. The number of piperidine rings is 1. The van der Waals surface area contributed by atoms with Gasteiger partial charge in [0.1, 0.15) is 5.75 Å². The van der Waals surface area contributed by atoms with Crippen molar-refractivity contribution < 1.29 is 5.11 Å². The van der Waals surface area contributed by atoms with Gasteiger partial charge in [-0.25, -0.2) is 0 Å². The molecule has 1 aliphatic rings. The molecule has 2 aromatic carbocycles. The van der Waals surface area contributed by atoms with Crippen LogP contribution in [0.25, 0.3) is 10.8 Å². The van der Waals surface area contributed by atoms with Gasteiger partial charge in [0.05, 0.1) is 0 Å². The Bertz CT molecular complexity index is 570. The summed E-state index contributed by atoms with van der Waals surface area (Å²) in [5.74, 6) is 1.22. The van der Waals surface area contributed by atoms with E-state index in [9.17, 15) is 5.11 Å². The number of benzene rings is 2. The quantitative estimate of drug-likeness (QED) is 0.882. The number of fused-ring (bicyclic) bond motifs is 1. The summed E-state index contributed by atoms with van der Waals surface area (Å²) in [6.45, 7) is 5.83. The minimum Gasteiger partial charge on any atom is -0.508 e. The Morgan fingerprint density at radius 1 is 1.05 bits per heavy atom. The highest BCUT2D eigenvalue weighted by Crippen LogP contribution is 2.23. The summed E-state index contributed by atoms with van der Waals surface area (Å²) in [7, 11) is 0. The summed E-state index contributed by atoms with van der Waals surface area (Å²) in [6, 6.07) is 12.1. The lowest BCUT2D eigenvalue weighted by atomic mass is 9.98. The summed E-state index contributed by atoms with van der Waals surface area (Å²) in [6.07, 6.45) is 2.64. The van der Waals surface area contributed by atoms with Crippen molar-refractivity contribution in [3.05, 3.63) is 42.0 Å². The van der Waals surface area contributed by atoms with Crippen molar-refractivity contribution in [2.45, 2.75) is 26.3 Å². The molecule has 2 heteroatoms. The van der Waals surface area contributed by atoms with Crippen LogP contribution in [0.4, 0.5) is 0 Å². The van der Waals surface area contributed by atoms with Crippen LogP contribution >= 0.6 is 0 Å². The minimum atomic E-state index is 0.338. The third-order valence-corrected chi connectivity index (χ3v) is 4.17. The monoisotopic (exact) mass is 255 g/mol. The van der Waals surface area contributed by atoms with Crippen molar-refractivity contribution in [3.63, 3.8) is 0 Å². The highest BCUT2D eigenvalue weighted by Gasteiger charge is 2.15. The SMILES string of the molecule is CC1CCN(Cc2ccc3cc(O)ccc3c2)CC1. The van der Waals surface area contributed by atoms with E-state index in [2.05, 4.69) is 30.0 Å². The maximum absolute atomic E-state index is 9.48. The maximum Gasteiger partial charge on any atom is 0.116 e. The van der Waals surface area contributed by atoms with Crippen molar-refractivity contribution >= 4 is 10.8 Å². The van der Waals surface area contributed by atoms with Crippen LogP contribution in [0.1, 0.15) is 25.3 Å². The molecule has 100 valence electrons. The second-order valence-electron chi connectivity index (χ2n) is 5.82. The molecular formula is C17H21NO. The van der Waals surface area contributed by atoms with E-state index in [1.807, 2.05) is 12.1 Å². The second-order valence-corrected chi connectivity index (χ2v) is 5.82. The first-order valence-electron chi connectivity index (χ1n) is 7.15. The Kier molecular flexibility index (Phi) is 3.43. The number of hydrogen-bond acceptors (Lipinski definition) is 2. The van der Waals surface area contributed by atoms with Gasteiger partial charge in [0.15, 0.2) is 0 Å². The zero-order valence-corrected chi connectivity index (χ0v) is 11.5. The number of likely N-dealkylation sites (tertiary alicyclic amines) is 1. The number of phenols is 1. The van der Waals surface area contributed by atoms with E-state index in [4.69, 9.17) is 0 Å². The lowest BCUT2D eigenvalue weighted by Crippen LogP contribution is -2.32. The van der Waals surface area contributed by atoms with Gasteiger partial charge < -0.3 is 5.11 Å². The summed E-state index contributed by atoms with van der Waals surface area (Å²) < 4.78 is 0. The first-order chi connectivity index (χ1) is 9.20. The van der Waals surface area contributed by atoms with Crippen LogP contribution in [0.5, 0.6) is 5.75 Å². The Hall–Kier alpha value is -1.54. The molecule has 2 nitrogen and oxygen atoms in total. The topological polar surface area (TPSA) is 23.5 Å². The summed E-state index contributed by atoms with van der Waals surface area (Å²) in [5.41, 5.74) is 1.37. The Morgan fingerprint density at radius 2 is 1.74 bits per heavy atom. The number of aromatic hydroxyl groups is 1. The van der Waals surface area contributed by atoms with Gasteiger partial charge in [0.2, 0.25) is 0 Å². The predicted molar refractivity (Wildman–Crippen MR) is 79.3 cm³/mol. The molecule has 0 bridgehead atoms. The summed E-state index contributed by atoms with van der Waals surface area (Å²) >= 11 is 0. The lowest BCUT2D eigenvalue weighted by molar-refractivity contribution is 0.185. The number of rotatable bonds is 2. The predicted octanol–water partition coefficient (Wildman–Crippen LogP) is 3.78. The van der Waals surface area contributed by atoms with Crippen LogP contribution < -0.4 is 0 Å². The molecule has 1 saturated heterocycles. The van der Waals surface area contributed by atoms with Gasteiger partial charge in [-0.05, 0) is 66.4 Å². The molecule has 0 unspecified atom stereocenters. The van der Waals surface area contributed by atoms with Crippen LogP contribution in [-0.2, 0) is 6.54 Å². The highest BCUT2D eigenvalue weighted by molar-refractivity contribution is 5.84. The van der Waals surface area contributed by atoms with Crippen molar-refractivity contribution in [2.75, 3.05) is 13.1 Å². The van der Waals surface area contributed by atoms with Crippen LogP contribution in [0.15, 0.2) is 36.4 Å². The normalized spacial score (nSPS) is 17.9. The molecule has 3 rings (SSSR count). The van der Waals surface area contributed by atoms with Crippen molar-refractivity contribution in [3.8, 4) is 5.75 Å². The average molecular weight is 255 g/mol. The molecule has 0 aromatic heterocycles. The van der Waals surface area contributed by atoms with Gasteiger partial charge in [-0.1, -0.05) is 25.1 Å². The van der Waals surface area contributed by atoms with E-state index in [0.29, 0.717) is 5.75 Å². The van der Waals surface area contributed by atoms with Crippen molar-refractivity contribution in [1.29, 1.82) is 0 Å². The second kappa shape index (κ2) is 5.22. The molecular weight excluding hydrogens is 234 g/mol. The molecule has 0 saturated carbocycles. The molecule has 0 amide bonds. The van der Waals surface area contributed by atoms with Gasteiger partial charge in [-0.2, -0.15) is 0 Å². The van der Waals surface area contributed by atoms with Gasteiger partial charge in [-0.3, -0.25) is 4.90 Å². The van der Waals surface area contributed by atoms with Gasteiger partial charge >= 0.3 is 0 Å². The fraction of sp³-hybridized carbons (Fsp3) is 0.412. The van der Waals surface area contributed by atoms with E-state index in [1.54, 1.807) is 6.07 Å². The zero-order chi connectivity index (χ0) is 13.2. The zero-order valence-electron chi connectivity index (χ0n) is 11.5. The van der Waals surface area contributed by atoms with Gasteiger partial charge in [-0.15, -0.1) is 0 Å². The van der Waals surface area contributed by atoms with E-state index in [0.717, 1.165) is 17.8 Å². The van der Waals surface area contributed by atoms with Crippen molar-refractivity contribution in [2.24, 2.45) is 5.92 Å². The standard InChI is InChI=1S/C17H21NO/c1-13-6-8-18(9-7-13)12-14-2-3-16-11-17(19)5-4-15(16)10-14/h2-5,10-11,13,19H,6-9,12H2,1H3. The van der Waals surface area contributed by atoms with E-state index in [1.165, 1.54) is 36.9 Å². The van der Waals surface area contributed by atoms with Gasteiger partial charge in [0, 0.05) is 6.54 Å². The molecule has 1 N–H and O–H groups in total. The smallest absolute Gasteiger partial charge is 0.116 e. The first kappa shape index (κ1) is 12.5. The molecule has 1 aliphatic heterocycles. The molecule has 19 heavy (non-hydrogen) atoms. The van der Waals surface area contributed by atoms with E-state index < -0.39 is 0 Å². The number of hydrogen-bond donors (Lipinski definition) is 1. The Balaban J connectivity index is 1.76. The average Bonchev–Trinajstić information content (AvgIpc) is 2.42. The number of phenolic OH excluding ortho intramolecular Hbond substituents is 1. The Labute approximate surface area is 114 Å². The third kappa shape index (κ3) is 2.90. The van der Waals surface area contributed by atoms with Crippen LogP contribution in [0, 0.1) is 5.92 Å². The maximum atomic E-state index is 9.48. The van der Waals surface area contributed by atoms with Gasteiger partial charge in [0.25, 0.3) is 0 Å². The first-order valence-corrected chi connectivity index (χ1v) is 7.15. The summed E-state index contributed by atoms with van der Waals surface area (Å²) in [4.78, 5) is 2.54.